The minimum absolute atomic E-state index is 0. The Morgan fingerprint density at radius 1 is 1.60 bits per heavy atom. The maximum absolute atomic E-state index is 11.5. The third-order valence-corrected chi connectivity index (χ3v) is 3.30. The molecule has 1 heterocycles. The lowest BCUT2D eigenvalue weighted by Crippen LogP contribution is -2.48. The highest BCUT2D eigenvalue weighted by Crippen LogP contribution is 2.16. The van der Waals surface area contributed by atoms with Crippen molar-refractivity contribution in [3.05, 3.63) is 0 Å². The van der Waals surface area contributed by atoms with Gasteiger partial charge in [0.15, 0.2) is 0 Å². The summed E-state index contributed by atoms with van der Waals surface area (Å²) in [4.78, 5) is 11.5. The molecule has 0 bridgehead atoms. The van der Waals surface area contributed by atoms with Gasteiger partial charge >= 0.3 is 0 Å². The SMILES string of the molecule is COCC(N)C(=O)NC1CCSCC1.Cl. The largest absolute Gasteiger partial charge is 0.383 e. The fourth-order valence-electron chi connectivity index (χ4n) is 1.41. The number of halogens is 1. The molecule has 6 heteroatoms. The summed E-state index contributed by atoms with van der Waals surface area (Å²) in [6, 6.07) is -0.221. The van der Waals surface area contributed by atoms with Crippen molar-refractivity contribution in [3.63, 3.8) is 0 Å². The molecule has 0 radical (unpaired) electrons. The molecular formula is C9H19ClN2O2S. The van der Waals surface area contributed by atoms with E-state index in [1.165, 1.54) is 0 Å². The minimum Gasteiger partial charge on any atom is -0.383 e. The predicted molar refractivity (Wildman–Crippen MR) is 65.6 cm³/mol. The Morgan fingerprint density at radius 3 is 2.73 bits per heavy atom. The maximum Gasteiger partial charge on any atom is 0.239 e. The van der Waals surface area contributed by atoms with Crippen molar-refractivity contribution in [1.82, 2.24) is 5.32 Å². The first-order valence-corrected chi connectivity index (χ1v) is 6.02. The molecule has 0 aromatic carbocycles. The average Bonchev–Trinajstić information content (AvgIpc) is 2.19. The quantitative estimate of drug-likeness (QED) is 0.762. The zero-order valence-corrected chi connectivity index (χ0v) is 10.5. The van der Waals surface area contributed by atoms with Gasteiger partial charge in [0.2, 0.25) is 5.91 Å². The standard InChI is InChI=1S/C9H18N2O2S.ClH/c1-13-6-8(10)9(12)11-7-2-4-14-5-3-7;/h7-8H,2-6,10H2,1H3,(H,11,12);1H. The van der Waals surface area contributed by atoms with E-state index in [0.717, 1.165) is 24.3 Å². The van der Waals surface area contributed by atoms with Crippen LogP contribution in [0.25, 0.3) is 0 Å². The first-order valence-electron chi connectivity index (χ1n) is 4.86. The number of hydrogen-bond acceptors (Lipinski definition) is 4. The first kappa shape index (κ1) is 15.0. The van der Waals surface area contributed by atoms with Crippen LogP contribution in [0.2, 0.25) is 0 Å². The number of carbonyl (C=O) groups is 1. The molecule has 0 aromatic rings. The van der Waals surface area contributed by atoms with Crippen molar-refractivity contribution in [1.29, 1.82) is 0 Å². The second-order valence-electron chi connectivity index (χ2n) is 3.46. The minimum atomic E-state index is -0.533. The van der Waals surface area contributed by atoms with Crippen LogP contribution in [-0.4, -0.2) is 43.2 Å². The Kier molecular flexibility index (Phi) is 8.23. The Hall–Kier alpha value is 0.0300. The van der Waals surface area contributed by atoms with Crippen LogP contribution in [0.4, 0.5) is 0 Å². The molecule has 1 aliphatic heterocycles. The lowest BCUT2D eigenvalue weighted by atomic mass is 10.1. The third kappa shape index (κ3) is 5.61. The molecule has 90 valence electrons. The van der Waals surface area contributed by atoms with Gasteiger partial charge in [0.1, 0.15) is 6.04 Å². The van der Waals surface area contributed by atoms with Crippen molar-refractivity contribution in [2.24, 2.45) is 5.73 Å². The zero-order valence-electron chi connectivity index (χ0n) is 8.90. The summed E-state index contributed by atoms with van der Waals surface area (Å²) in [7, 11) is 1.55. The van der Waals surface area contributed by atoms with Gasteiger partial charge in [-0.3, -0.25) is 4.79 Å². The van der Waals surface area contributed by atoms with Crippen LogP contribution in [0, 0.1) is 0 Å². The van der Waals surface area contributed by atoms with Crippen LogP contribution < -0.4 is 11.1 Å². The number of methoxy groups -OCH3 is 1. The Balaban J connectivity index is 0.00000196. The highest BCUT2D eigenvalue weighted by molar-refractivity contribution is 7.99. The predicted octanol–water partition coefficient (Wildman–Crippen LogP) is 0.394. The zero-order chi connectivity index (χ0) is 10.4. The smallest absolute Gasteiger partial charge is 0.239 e. The fourth-order valence-corrected chi connectivity index (χ4v) is 2.51. The van der Waals surface area contributed by atoms with Crippen LogP contribution in [0.15, 0.2) is 0 Å². The van der Waals surface area contributed by atoms with Gasteiger partial charge in [0.25, 0.3) is 0 Å². The second kappa shape index (κ2) is 8.21. The van der Waals surface area contributed by atoms with E-state index in [9.17, 15) is 4.79 Å². The number of rotatable bonds is 4. The number of thioether (sulfide) groups is 1. The van der Waals surface area contributed by atoms with Crippen LogP contribution in [0.3, 0.4) is 0 Å². The highest BCUT2D eigenvalue weighted by atomic mass is 35.5. The molecule has 1 rings (SSSR count). The van der Waals surface area contributed by atoms with E-state index in [1.54, 1.807) is 7.11 Å². The van der Waals surface area contributed by atoms with E-state index in [1.807, 2.05) is 11.8 Å². The number of carbonyl (C=O) groups excluding carboxylic acids is 1. The van der Waals surface area contributed by atoms with Crippen molar-refractivity contribution in [2.75, 3.05) is 25.2 Å². The lowest BCUT2D eigenvalue weighted by molar-refractivity contribution is -0.124. The van der Waals surface area contributed by atoms with Crippen LogP contribution in [0.1, 0.15) is 12.8 Å². The number of nitrogens with two attached hydrogens (primary N) is 1. The molecule has 15 heavy (non-hydrogen) atoms. The third-order valence-electron chi connectivity index (χ3n) is 2.25. The van der Waals surface area contributed by atoms with Crippen molar-refractivity contribution >= 4 is 30.1 Å². The summed E-state index contributed by atoms with van der Waals surface area (Å²) in [5, 5.41) is 2.95. The van der Waals surface area contributed by atoms with Gasteiger partial charge in [-0.1, -0.05) is 0 Å². The summed E-state index contributed by atoms with van der Waals surface area (Å²) in [6.07, 6.45) is 2.10. The summed E-state index contributed by atoms with van der Waals surface area (Å²) in [5.41, 5.74) is 5.60. The van der Waals surface area contributed by atoms with Gasteiger partial charge in [-0.15, -0.1) is 12.4 Å². The molecule has 3 N–H and O–H groups in total. The molecule has 1 aliphatic rings. The summed E-state index contributed by atoms with van der Waals surface area (Å²) < 4.78 is 4.82. The van der Waals surface area contributed by atoms with E-state index in [0.29, 0.717) is 6.04 Å². The Morgan fingerprint density at radius 2 is 2.20 bits per heavy atom. The Bertz CT molecular complexity index is 189. The van der Waals surface area contributed by atoms with Gasteiger partial charge in [-0.2, -0.15) is 11.8 Å². The topological polar surface area (TPSA) is 64.3 Å². The molecule has 0 saturated carbocycles. The average molecular weight is 255 g/mol. The number of nitrogens with one attached hydrogen (secondary N) is 1. The van der Waals surface area contributed by atoms with Crippen molar-refractivity contribution < 1.29 is 9.53 Å². The monoisotopic (exact) mass is 254 g/mol. The number of amides is 1. The first-order chi connectivity index (χ1) is 6.74. The van der Waals surface area contributed by atoms with Crippen LogP contribution in [0.5, 0.6) is 0 Å². The van der Waals surface area contributed by atoms with E-state index < -0.39 is 6.04 Å². The van der Waals surface area contributed by atoms with E-state index >= 15 is 0 Å². The fraction of sp³-hybridized carbons (Fsp3) is 0.889. The molecule has 1 unspecified atom stereocenters. The summed E-state index contributed by atoms with van der Waals surface area (Å²) >= 11 is 1.94. The molecular weight excluding hydrogens is 236 g/mol. The molecule has 1 fully saturated rings. The molecule has 1 saturated heterocycles. The van der Waals surface area contributed by atoms with Gasteiger partial charge in [0, 0.05) is 13.2 Å². The molecule has 0 spiro atoms. The van der Waals surface area contributed by atoms with Crippen LogP contribution >= 0.6 is 24.2 Å². The van der Waals surface area contributed by atoms with E-state index in [2.05, 4.69) is 5.32 Å². The normalized spacial score (nSPS) is 19.1. The van der Waals surface area contributed by atoms with Gasteiger partial charge < -0.3 is 15.8 Å². The van der Waals surface area contributed by atoms with Gasteiger partial charge in [0.05, 0.1) is 6.61 Å². The molecule has 1 atom stereocenters. The van der Waals surface area contributed by atoms with Crippen molar-refractivity contribution in [2.45, 2.75) is 24.9 Å². The highest BCUT2D eigenvalue weighted by Gasteiger charge is 2.19. The molecule has 4 nitrogen and oxygen atoms in total. The van der Waals surface area contributed by atoms with Crippen LogP contribution in [-0.2, 0) is 9.53 Å². The number of hydrogen-bond donors (Lipinski definition) is 2. The molecule has 1 amide bonds. The van der Waals surface area contributed by atoms with E-state index in [-0.39, 0.29) is 24.9 Å². The second-order valence-corrected chi connectivity index (χ2v) is 4.68. The summed E-state index contributed by atoms with van der Waals surface area (Å²) in [6.45, 7) is 0.285. The van der Waals surface area contributed by atoms with Gasteiger partial charge in [-0.05, 0) is 24.3 Å². The van der Waals surface area contributed by atoms with Gasteiger partial charge in [-0.25, -0.2) is 0 Å². The summed E-state index contributed by atoms with van der Waals surface area (Å²) in [5.74, 6) is 2.17. The maximum atomic E-state index is 11.5. The van der Waals surface area contributed by atoms with Crippen molar-refractivity contribution in [3.8, 4) is 0 Å². The van der Waals surface area contributed by atoms with E-state index in [4.69, 9.17) is 10.5 Å². The molecule has 0 aromatic heterocycles. The lowest BCUT2D eigenvalue weighted by Gasteiger charge is -2.23. The molecule has 0 aliphatic carbocycles. The number of ether oxygens (including phenoxy) is 1. The Labute approximate surface area is 101 Å².